The van der Waals surface area contributed by atoms with E-state index in [4.69, 9.17) is 9.47 Å². The minimum Gasteiger partial charge on any atom is -0.428 e. The zero-order chi connectivity index (χ0) is 12.8. The van der Waals surface area contributed by atoms with Gasteiger partial charge in [0.1, 0.15) is 11.5 Å². The summed E-state index contributed by atoms with van der Waals surface area (Å²) in [4.78, 5) is 0. The van der Waals surface area contributed by atoms with E-state index in [9.17, 15) is 9.50 Å². The van der Waals surface area contributed by atoms with Crippen molar-refractivity contribution >= 4 is 0 Å². The molecule has 0 bridgehead atoms. The molecule has 0 atom stereocenters. The fraction of sp³-hybridized carbons (Fsp3) is 0.143. The van der Waals surface area contributed by atoms with E-state index in [0.717, 1.165) is 0 Å². The summed E-state index contributed by atoms with van der Waals surface area (Å²) in [5.74, 6) is -1.66. The normalized spacial score (nSPS) is 11.0. The number of halogens is 1. The lowest BCUT2D eigenvalue weighted by molar-refractivity contribution is -0.279. The Bertz CT molecular complexity index is 431. The Kier molecular flexibility index (Phi) is 3.79. The maximum absolute atomic E-state index is 12.9. The number of rotatable bonds is 5. The standard InChI is InChI=1S/C14H13FO3/c15-11-14(16,17-12-7-3-1-4-8-12)18-13-9-5-2-6-10-13/h1-10,16H,11H2. The SMILES string of the molecule is OC(CF)(Oc1ccccc1)Oc1ccccc1. The summed E-state index contributed by atoms with van der Waals surface area (Å²) in [7, 11) is 0. The van der Waals surface area contributed by atoms with Gasteiger partial charge in [0.05, 0.1) is 0 Å². The summed E-state index contributed by atoms with van der Waals surface area (Å²) >= 11 is 0. The van der Waals surface area contributed by atoms with Crippen LogP contribution in [0.1, 0.15) is 0 Å². The van der Waals surface area contributed by atoms with E-state index in [0.29, 0.717) is 11.5 Å². The van der Waals surface area contributed by atoms with E-state index < -0.39 is 12.6 Å². The van der Waals surface area contributed by atoms with Gasteiger partial charge in [-0.2, -0.15) is 0 Å². The highest BCUT2D eigenvalue weighted by Crippen LogP contribution is 2.21. The summed E-state index contributed by atoms with van der Waals surface area (Å²) in [6.45, 7) is -1.18. The van der Waals surface area contributed by atoms with Gasteiger partial charge in [-0.05, 0) is 24.3 Å². The van der Waals surface area contributed by atoms with E-state index in [2.05, 4.69) is 0 Å². The molecule has 0 fully saturated rings. The first-order chi connectivity index (χ1) is 8.72. The van der Waals surface area contributed by atoms with Crippen LogP contribution in [0, 0.1) is 0 Å². The van der Waals surface area contributed by atoms with Crippen molar-refractivity contribution in [3.8, 4) is 11.5 Å². The van der Waals surface area contributed by atoms with Gasteiger partial charge in [-0.3, -0.25) is 0 Å². The van der Waals surface area contributed by atoms with Crippen LogP contribution in [-0.4, -0.2) is 17.8 Å². The molecule has 94 valence electrons. The van der Waals surface area contributed by atoms with Crippen LogP contribution in [0.3, 0.4) is 0 Å². The highest BCUT2D eigenvalue weighted by atomic mass is 19.1. The van der Waals surface area contributed by atoms with Gasteiger partial charge < -0.3 is 14.6 Å². The molecule has 0 unspecified atom stereocenters. The summed E-state index contributed by atoms with van der Waals surface area (Å²) in [6.07, 6.45) is 0. The van der Waals surface area contributed by atoms with Gasteiger partial charge in [0, 0.05) is 0 Å². The van der Waals surface area contributed by atoms with Crippen molar-refractivity contribution in [1.29, 1.82) is 0 Å². The Morgan fingerprint density at radius 1 is 0.833 bits per heavy atom. The molecule has 0 saturated heterocycles. The van der Waals surface area contributed by atoms with Gasteiger partial charge >= 0.3 is 5.97 Å². The zero-order valence-electron chi connectivity index (χ0n) is 9.62. The molecule has 0 heterocycles. The quantitative estimate of drug-likeness (QED) is 0.827. The molecule has 3 nitrogen and oxygen atoms in total. The third-order valence-corrected chi connectivity index (χ3v) is 2.21. The van der Waals surface area contributed by atoms with E-state index >= 15 is 0 Å². The second-order valence-corrected chi connectivity index (χ2v) is 3.68. The Labute approximate surface area is 104 Å². The third-order valence-electron chi connectivity index (χ3n) is 2.21. The van der Waals surface area contributed by atoms with Crippen molar-refractivity contribution < 1.29 is 19.0 Å². The van der Waals surface area contributed by atoms with Gasteiger partial charge in [0.15, 0.2) is 6.67 Å². The number of aliphatic hydroxyl groups is 1. The predicted molar refractivity (Wildman–Crippen MR) is 65.1 cm³/mol. The molecular formula is C14H13FO3. The molecule has 2 aromatic rings. The van der Waals surface area contributed by atoms with Crippen molar-refractivity contribution in [2.75, 3.05) is 6.67 Å². The lowest BCUT2D eigenvalue weighted by Gasteiger charge is -2.26. The Hall–Kier alpha value is -2.07. The number of hydrogen-bond acceptors (Lipinski definition) is 3. The monoisotopic (exact) mass is 248 g/mol. The fourth-order valence-corrected chi connectivity index (χ4v) is 1.42. The zero-order valence-corrected chi connectivity index (χ0v) is 9.62. The van der Waals surface area contributed by atoms with Crippen LogP contribution in [0.2, 0.25) is 0 Å². The molecule has 2 aromatic carbocycles. The lowest BCUT2D eigenvalue weighted by atomic mass is 10.3. The molecule has 1 N–H and O–H groups in total. The van der Waals surface area contributed by atoms with Crippen molar-refractivity contribution in [1.82, 2.24) is 0 Å². The molecule has 2 rings (SSSR count). The largest absolute Gasteiger partial charge is 0.428 e. The summed E-state index contributed by atoms with van der Waals surface area (Å²) < 4.78 is 23.1. The first kappa shape index (κ1) is 12.4. The highest BCUT2D eigenvalue weighted by Gasteiger charge is 2.32. The molecule has 0 amide bonds. The minimum atomic E-state index is -2.32. The number of para-hydroxylation sites is 2. The summed E-state index contributed by atoms with van der Waals surface area (Å²) in [6, 6.07) is 16.9. The molecule has 0 aromatic heterocycles. The molecule has 0 aliphatic carbocycles. The Balaban J connectivity index is 2.11. The minimum absolute atomic E-state index is 0.327. The van der Waals surface area contributed by atoms with Crippen LogP contribution in [-0.2, 0) is 0 Å². The van der Waals surface area contributed by atoms with Crippen molar-refractivity contribution in [3.05, 3.63) is 60.7 Å². The van der Waals surface area contributed by atoms with Crippen molar-refractivity contribution in [3.63, 3.8) is 0 Å². The first-order valence-electron chi connectivity index (χ1n) is 5.48. The van der Waals surface area contributed by atoms with E-state index in [1.165, 1.54) is 0 Å². The first-order valence-corrected chi connectivity index (χ1v) is 5.48. The van der Waals surface area contributed by atoms with Gasteiger partial charge in [-0.15, -0.1) is 0 Å². The maximum Gasteiger partial charge on any atom is 0.399 e. The van der Waals surface area contributed by atoms with Crippen LogP contribution < -0.4 is 9.47 Å². The van der Waals surface area contributed by atoms with Crippen LogP contribution in [0.25, 0.3) is 0 Å². The number of hydrogen-bond donors (Lipinski definition) is 1. The van der Waals surface area contributed by atoms with Crippen LogP contribution >= 0.6 is 0 Å². The molecule has 0 spiro atoms. The fourth-order valence-electron chi connectivity index (χ4n) is 1.42. The van der Waals surface area contributed by atoms with Crippen LogP contribution in [0.5, 0.6) is 11.5 Å². The smallest absolute Gasteiger partial charge is 0.399 e. The summed E-state index contributed by atoms with van der Waals surface area (Å²) in [5, 5.41) is 9.91. The number of benzene rings is 2. The lowest BCUT2D eigenvalue weighted by Crippen LogP contribution is -2.44. The van der Waals surface area contributed by atoms with Crippen LogP contribution in [0.15, 0.2) is 60.7 Å². The Morgan fingerprint density at radius 2 is 1.22 bits per heavy atom. The second kappa shape index (κ2) is 5.51. The molecule has 0 saturated carbocycles. The molecule has 18 heavy (non-hydrogen) atoms. The summed E-state index contributed by atoms with van der Waals surface area (Å²) in [5.41, 5.74) is 0. The average molecular weight is 248 g/mol. The van der Waals surface area contributed by atoms with Crippen LogP contribution in [0.4, 0.5) is 4.39 Å². The maximum atomic E-state index is 12.9. The van der Waals surface area contributed by atoms with E-state index in [-0.39, 0.29) is 0 Å². The molecule has 0 radical (unpaired) electrons. The van der Waals surface area contributed by atoms with Crippen molar-refractivity contribution in [2.24, 2.45) is 0 Å². The molecular weight excluding hydrogens is 235 g/mol. The van der Waals surface area contributed by atoms with Gasteiger partial charge in [-0.1, -0.05) is 36.4 Å². The molecule has 0 aliphatic rings. The van der Waals surface area contributed by atoms with E-state index in [1.807, 2.05) is 0 Å². The highest BCUT2D eigenvalue weighted by molar-refractivity contribution is 5.23. The average Bonchev–Trinajstić information content (AvgIpc) is 2.41. The molecule has 0 aliphatic heterocycles. The van der Waals surface area contributed by atoms with Crippen molar-refractivity contribution in [2.45, 2.75) is 5.97 Å². The van der Waals surface area contributed by atoms with Gasteiger partial charge in [0.2, 0.25) is 0 Å². The molecule has 4 heteroatoms. The topological polar surface area (TPSA) is 38.7 Å². The predicted octanol–water partition coefficient (Wildman–Crippen LogP) is 2.76. The third kappa shape index (κ3) is 3.21. The van der Waals surface area contributed by atoms with Gasteiger partial charge in [-0.25, -0.2) is 4.39 Å². The Morgan fingerprint density at radius 3 is 1.56 bits per heavy atom. The van der Waals surface area contributed by atoms with Gasteiger partial charge in [0.25, 0.3) is 0 Å². The number of alkyl halides is 1. The second-order valence-electron chi connectivity index (χ2n) is 3.68. The van der Waals surface area contributed by atoms with E-state index in [1.54, 1.807) is 60.7 Å². The number of ether oxygens (including phenoxy) is 2.